The van der Waals surface area contributed by atoms with Crippen LogP contribution in [0.15, 0.2) is 0 Å². The molecule has 3 nitrogen and oxygen atoms in total. The molecule has 2 aliphatic rings. The van der Waals surface area contributed by atoms with Crippen molar-refractivity contribution >= 4 is 17.5 Å². The van der Waals surface area contributed by atoms with Crippen molar-refractivity contribution < 1.29 is 9.53 Å². The Kier molecular flexibility index (Phi) is 4.27. The van der Waals surface area contributed by atoms with E-state index in [4.69, 9.17) is 4.74 Å². The number of hydrogen-bond donors (Lipinski definition) is 0. The number of hydrogen-bond acceptors (Lipinski definition) is 4. The lowest BCUT2D eigenvalue weighted by Crippen LogP contribution is -2.49. The summed E-state index contributed by atoms with van der Waals surface area (Å²) >= 11 is 2.03. The van der Waals surface area contributed by atoms with Gasteiger partial charge in [-0.15, -0.1) is 0 Å². The molecule has 0 bridgehead atoms. The van der Waals surface area contributed by atoms with Gasteiger partial charge in [0, 0.05) is 36.6 Å². The third-order valence-electron chi connectivity index (χ3n) is 3.74. The van der Waals surface area contributed by atoms with Crippen LogP contribution >= 0.6 is 11.8 Å². The molecule has 2 aliphatic heterocycles. The van der Waals surface area contributed by atoms with E-state index in [0.29, 0.717) is 36.7 Å². The fourth-order valence-electron chi connectivity index (χ4n) is 2.39. The highest BCUT2D eigenvalue weighted by molar-refractivity contribution is 8.00. The van der Waals surface area contributed by atoms with Gasteiger partial charge in [0.2, 0.25) is 0 Å². The molecule has 16 heavy (non-hydrogen) atoms. The molecule has 0 aromatic rings. The Bertz CT molecular complexity index is 259. The lowest BCUT2D eigenvalue weighted by Gasteiger charge is -2.39. The van der Waals surface area contributed by atoms with Gasteiger partial charge in [0.15, 0.2) is 0 Å². The molecule has 2 fully saturated rings. The number of rotatable bonds is 2. The van der Waals surface area contributed by atoms with Crippen LogP contribution in [-0.4, -0.2) is 54.0 Å². The molecule has 3 unspecified atom stereocenters. The first kappa shape index (κ1) is 12.4. The van der Waals surface area contributed by atoms with Crippen LogP contribution < -0.4 is 0 Å². The van der Waals surface area contributed by atoms with Crippen LogP contribution in [0.1, 0.15) is 20.3 Å². The summed E-state index contributed by atoms with van der Waals surface area (Å²) in [5.41, 5.74) is 0. The van der Waals surface area contributed by atoms with Gasteiger partial charge in [-0.3, -0.25) is 9.69 Å². The maximum Gasteiger partial charge on any atom is 0.141 e. The number of carbonyl (C=O) groups is 1. The zero-order chi connectivity index (χ0) is 11.5. The van der Waals surface area contributed by atoms with E-state index in [-0.39, 0.29) is 5.92 Å². The molecule has 0 N–H and O–H groups in total. The maximum absolute atomic E-state index is 11.7. The normalized spacial score (nSPS) is 37.6. The van der Waals surface area contributed by atoms with E-state index in [2.05, 4.69) is 18.7 Å². The van der Waals surface area contributed by atoms with Gasteiger partial charge < -0.3 is 4.74 Å². The van der Waals surface area contributed by atoms with Crippen LogP contribution in [-0.2, 0) is 9.53 Å². The summed E-state index contributed by atoms with van der Waals surface area (Å²) < 4.78 is 5.40. The van der Waals surface area contributed by atoms with Crippen molar-refractivity contribution in [3.8, 4) is 0 Å². The van der Waals surface area contributed by atoms with Gasteiger partial charge >= 0.3 is 0 Å². The lowest BCUT2D eigenvalue weighted by molar-refractivity contribution is -0.131. The summed E-state index contributed by atoms with van der Waals surface area (Å²) in [6.45, 7) is 7.80. The van der Waals surface area contributed by atoms with E-state index < -0.39 is 0 Å². The second-order valence-corrected chi connectivity index (χ2v) is 6.28. The molecule has 2 heterocycles. The van der Waals surface area contributed by atoms with Crippen LogP contribution in [0.25, 0.3) is 0 Å². The van der Waals surface area contributed by atoms with Crippen molar-refractivity contribution in [1.82, 2.24) is 4.90 Å². The first-order valence-electron chi connectivity index (χ1n) is 6.14. The van der Waals surface area contributed by atoms with E-state index in [1.54, 1.807) is 0 Å². The fourth-order valence-corrected chi connectivity index (χ4v) is 3.55. The van der Waals surface area contributed by atoms with E-state index in [9.17, 15) is 4.79 Å². The minimum atomic E-state index is 0.117. The summed E-state index contributed by atoms with van der Waals surface area (Å²) in [7, 11) is 0. The van der Waals surface area contributed by atoms with Gasteiger partial charge in [-0.25, -0.2) is 0 Å². The number of nitrogens with zero attached hydrogens (tertiary/aromatic N) is 1. The molecule has 0 radical (unpaired) electrons. The van der Waals surface area contributed by atoms with Crippen molar-refractivity contribution in [3.05, 3.63) is 0 Å². The highest BCUT2D eigenvalue weighted by atomic mass is 32.2. The third-order valence-corrected chi connectivity index (χ3v) is 5.07. The van der Waals surface area contributed by atoms with Crippen molar-refractivity contribution in [1.29, 1.82) is 0 Å². The van der Waals surface area contributed by atoms with Crippen molar-refractivity contribution in [3.63, 3.8) is 0 Å². The standard InChI is InChI=1S/C12H21NO2S/c1-9-10(2)16-6-4-13(9)7-11-8-15-5-3-12(11)14/h9-11H,3-8H2,1-2H3. The summed E-state index contributed by atoms with van der Waals surface area (Å²) in [5, 5.41) is 0.674. The number of carbonyl (C=O) groups excluding carboxylic acids is 1. The first-order valence-corrected chi connectivity index (χ1v) is 7.19. The van der Waals surface area contributed by atoms with Crippen LogP contribution in [0, 0.1) is 5.92 Å². The zero-order valence-corrected chi connectivity index (χ0v) is 11.0. The zero-order valence-electron chi connectivity index (χ0n) is 10.1. The minimum absolute atomic E-state index is 0.117. The van der Waals surface area contributed by atoms with Gasteiger partial charge in [-0.2, -0.15) is 11.8 Å². The summed E-state index contributed by atoms with van der Waals surface area (Å²) in [6.07, 6.45) is 0.608. The molecule has 0 spiro atoms. The Morgan fingerprint density at radius 1 is 1.50 bits per heavy atom. The SMILES string of the molecule is CC1SCCN(CC2COCCC2=O)C1C. The fraction of sp³-hybridized carbons (Fsp3) is 0.917. The largest absolute Gasteiger partial charge is 0.380 e. The Hall–Kier alpha value is -0.0600. The van der Waals surface area contributed by atoms with Gasteiger partial charge in [-0.1, -0.05) is 6.92 Å². The predicted octanol–water partition coefficient (Wildman–Crippen LogP) is 1.42. The predicted molar refractivity (Wildman–Crippen MR) is 66.9 cm³/mol. The summed E-state index contributed by atoms with van der Waals surface area (Å²) in [4.78, 5) is 14.2. The number of ether oxygens (including phenoxy) is 1. The molecule has 0 amide bonds. The van der Waals surface area contributed by atoms with E-state index in [1.807, 2.05) is 11.8 Å². The second kappa shape index (κ2) is 5.52. The molecular formula is C12H21NO2S. The molecule has 0 aromatic heterocycles. The Labute approximate surface area is 102 Å². The molecule has 0 aliphatic carbocycles. The van der Waals surface area contributed by atoms with Crippen molar-refractivity contribution in [2.24, 2.45) is 5.92 Å². The van der Waals surface area contributed by atoms with Gasteiger partial charge in [0.25, 0.3) is 0 Å². The highest BCUT2D eigenvalue weighted by Crippen LogP contribution is 2.25. The number of thioether (sulfide) groups is 1. The molecule has 4 heteroatoms. The summed E-state index contributed by atoms with van der Waals surface area (Å²) in [6, 6.07) is 0.577. The molecule has 92 valence electrons. The van der Waals surface area contributed by atoms with Crippen LogP contribution in [0.2, 0.25) is 0 Å². The smallest absolute Gasteiger partial charge is 0.141 e. The Balaban J connectivity index is 1.90. The average Bonchev–Trinajstić information content (AvgIpc) is 2.28. The maximum atomic E-state index is 11.7. The lowest BCUT2D eigenvalue weighted by atomic mass is 9.99. The second-order valence-electron chi connectivity index (χ2n) is 4.80. The number of ketones is 1. The Morgan fingerprint density at radius 3 is 3.06 bits per heavy atom. The van der Waals surface area contributed by atoms with Crippen LogP contribution in [0.4, 0.5) is 0 Å². The molecule has 3 atom stereocenters. The molecule has 0 aromatic carbocycles. The molecule has 2 saturated heterocycles. The molecule has 0 saturated carbocycles. The quantitative estimate of drug-likeness (QED) is 0.733. The monoisotopic (exact) mass is 243 g/mol. The van der Waals surface area contributed by atoms with Crippen molar-refractivity contribution in [2.45, 2.75) is 31.6 Å². The van der Waals surface area contributed by atoms with Gasteiger partial charge in [0.1, 0.15) is 5.78 Å². The van der Waals surface area contributed by atoms with E-state index in [0.717, 1.165) is 13.1 Å². The Morgan fingerprint density at radius 2 is 2.31 bits per heavy atom. The number of Topliss-reactive ketones (excluding diaryl/α,β-unsaturated/α-hetero) is 1. The average molecular weight is 243 g/mol. The van der Waals surface area contributed by atoms with Crippen LogP contribution in [0.3, 0.4) is 0 Å². The first-order chi connectivity index (χ1) is 7.68. The molecular weight excluding hydrogens is 222 g/mol. The third kappa shape index (κ3) is 2.79. The summed E-state index contributed by atoms with van der Waals surface area (Å²) in [5.74, 6) is 1.70. The highest BCUT2D eigenvalue weighted by Gasteiger charge is 2.30. The van der Waals surface area contributed by atoms with E-state index in [1.165, 1.54) is 5.75 Å². The topological polar surface area (TPSA) is 29.5 Å². The minimum Gasteiger partial charge on any atom is -0.380 e. The van der Waals surface area contributed by atoms with Gasteiger partial charge in [-0.05, 0) is 6.92 Å². The molecule has 2 rings (SSSR count). The van der Waals surface area contributed by atoms with Crippen molar-refractivity contribution in [2.75, 3.05) is 32.1 Å². The van der Waals surface area contributed by atoms with Gasteiger partial charge in [0.05, 0.1) is 19.1 Å². The van der Waals surface area contributed by atoms with E-state index >= 15 is 0 Å². The van der Waals surface area contributed by atoms with Crippen LogP contribution in [0.5, 0.6) is 0 Å².